The standard InChI is InChI=1S/C11H10ClNO/c1-14-11-8-3-2-4-9(12)7(8)5-6-10(11)13/h2-6H,13H2,1H3. The van der Waals surface area contributed by atoms with Crippen molar-refractivity contribution in [1.82, 2.24) is 0 Å². The van der Waals surface area contributed by atoms with E-state index in [-0.39, 0.29) is 0 Å². The first-order chi connectivity index (χ1) is 6.74. The zero-order chi connectivity index (χ0) is 10.1. The van der Waals surface area contributed by atoms with Gasteiger partial charge in [-0.1, -0.05) is 29.8 Å². The van der Waals surface area contributed by atoms with Crippen LogP contribution in [0.15, 0.2) is 30.3 Å². The van der Waals surface area contributed by atoms with E-state index in [0.717, 1.165) is 10.8 Å². The average molecular weight is 208 g/mol. The molecule has 14 heavy (non-hydrogen) atoms. The van der Waals surface area contributed by atoms with E-state index in [1.807, 2.05) is 24.3 Å². The van der Waals surface area contributed by atoms with Crippen molar-refractivity contribution >= 4 is 28.1 Å². The number of anilines is 1. The van der Waals surface area contributed by atoms with Crippen LogP contribution in [-0.2, 0) is 0 Å². The van der Waals surface area contributed by atoms with Crippen LogP contribution in [0.4, 0.5) is 5.69 Å². The van der Waals surface area contributed by atoms with Gasteiger partial charge in [-0.2, -0.15) is 0 Å². The highest BCUT2D eigenvalue weighted by Gasteiger charge is 2.06. The number of hydrogen-bond donors (Lipinski definition) is 1. The van der Waals surface area contributed by atoms with Crippen LogP contribution in [0.3, 0.4) is 0 Å². The van der Waals surface area contributed by atoms with Crippen LogP contribution in [0.1, 0.15) is 0 Å². The van der Waals surface area contributed by atoms with Crippen molar-refractivity contribution in [2.45, 2.75) is 0 Å². The summed E-state index contributed by atoms with van der Waals surface area (Å²) in [6.45, 7) is 0. The van der Waals surface area contributed by atoms with Crippen LogP contribution in [0.5, 0.6) is 5.75 Å². The van der Waals surface area contributed by atoms with Gasteiger partial charge in [-0.3, -0.25) is 0 Å². The van der Waals surface area contributed by atoms with E-state index < -0.39 is 0 Å². The minimum absolute atomic E-state index is 0.627. The fraction of sp³-hybridized carbons (Fsp3) is 0.0909. The van der Waals surface area contributed by atoms with Gasteiger partial charge in [0, 0.05) is 15.8 Å². The molecule has 0 unspecified atom stereocenters. The Labute approximate surface area is 87.2 Å². The maximum atomic E-state index is 6.04. The number of rotatable bonds is 1. The molecule has 3 heteroatoms. The molecule has 2 nitrogen and oxygen atoms in total. The minimum Gasteiger partial charge on any atom is -0.494 e. The molecule has 0 fully saturated rings. The number of hydrogen-bond acceptors (Lipinski definition) is 2. The molecule has 72 valence electrons. The van der Waals surface area contributed by atoms with Gasteiger partial charge in [0.05, 0.1) is 12.8 Å². The molecule has 0 aliphatic rings. The normalized spacial score (nSPS) is 10.4. The molecular weight excluding hydrogens is 198 g/mol. The van der Waals surface area contributed by atoms with Crippen LogP contribution >= 0.6 is 11.6 Å². The van der Waals surface area contributed by atoms with Gasteiger partial charge in [-0.25, -0.2) is 0 Å². The zero-order valence-electron chi connectivity index (χ0n) is 7.75. The molecule has 0 spiro atoms. The maximum Gasteiger partial charge on any atom is 0.149 e. The molecule has 0 aromatic heterocycles. The quantitative estimate of drug-likeness (QED) is 0.730. The van der Waals surface area contributed by atoms with Gasteiger partial charge in [-0.05, 0) is 12.1 Å². The molecule has 0 atom stereocenters. The number of ether oxygens (including phenoxy) is 1. The third-order valence-corrected chi connectivity index (χ3v) is 2.52. The Morgan fingerprint density at radius 2 is 1.93 bits per heavy atom. The van der Waals surface area contributed by atoms with E-state index in [0.29, 0.717) is 16.5 Å². The molecule has 0 amide bonds. The summed E-state index contributed by atoms with van der Waals surface area (Å²) >= 11 is 6.04. The van der Waals surface area contributed by atoms with Crippen molar-refractivity contribution < 1.29 is 4.74 Å². The summed E-state index contributed by atoms with van der Waals surface area (Å²) < 4.78 is 5.23. The number of fused-ring (bicyclic) bond motifs is 1. The zero-order valence-corrected chi connectivity index (χ0v) is 8.51. The molecule has 0 bridgehead atoms. The molecule has 2 rings (SSSR count). The summed E-state index contributed by atoms with van der Waals surface area (Å²) in [6, 6.07) is 9.37. The van der Waals surface area contributed by atoms with Gasteiger partial charge in [-0.15, -0.1) is 0 Å². The van der Waals surface area contributed by atoms with Crippen molar-refractivity contribution in [3.63, 3.8) is 0 Å². The summed E-state index contributed by atoms with van der Waals surface area (Å²) in [5.41, 5.74) is 6.41. The largest absolute Gasteiger partial charge is 0.494 e. The first-order valence-corrected chi connectivity index (χ1v) is 4.62. The number of nitrogen functional groups attached to an aromatic ring is 1. The first-order valence-electron chi connectivity index (χ1n) is 4.24. The summed E-state index contributed by atoms with van der Waals surface area (Å²) in [7, 11) is 1.60. The molecule has 0 radical (unpaired) electrons. The fourth-order valence-corrected chi connectivity index (χ4v) is 1.77. The fourth-order valence-electron chi connectivity index (χ4n) is 1.54. The Morgan fingerprint density at radius 3 is 2.64 bits per heavy atom. The maximum absolute atomic E-state index is 6.04. The monoisotopic (exact) mass is 207 g/mol. The van der Waals surface area contributed by atoms with Gasteiger partial charge >= 0.3 is 0 Å². The van der Waals surface area contributed by atoms with E-state index >= 15 is 0 Å². The third kappa shape index (κ3) is 1.28. The van der Waals surface area contributed by atoms with Crippen LogP contribution in [0.2, 0.25) is 5.02 Å². The predicted octanol–water partition coefficient (Wildman–Crippen LogP) is 3.08. The van der Waals surface area contributed by atoms with Crippen molar-refractivity contribution in [3.8, 4) is 5.75 Å². The third-order valence-electron chi connectivity index (χ3n) is 2.19. The van der Waals surface area contributed by atoms with E-state index in [1.165, 1.54) is 0 Å². The van der Waals surface area contributed by atoms with E-state index in [4.69, 9.17) is 22.1 Å². The molecule has 0 aliphatic heterocycles. The summed E-state index contributed by atoms with van der Waals surface area (Å²) in [6.07, 6.45) is 0. The lowest BCUT2D eigenvalue weighted by Gasteiger charge is -2.08. The second-order valence-electron chi connectivity index (χ2n) is 3.02. The number of benzene rings is 2. The SMILES string of the molecule is COc1c(N)ccc2c(Cl)cccc12. The Morgan fingerprint density at radius 1 is 1.14 bits per heavy atom. The van der Waals surface area contributed by atoms with E-state index in [2.05, 4.69) is 0 Å². The topological polar surface area (TPSA) is 35.2 Å². The minimum atomic E-state index is 0.627. The Hall–Kier alpha value is -1.41. The number of halogens is 1. The van der Waals surface area contributed by atoms with Gasteiger partial charge in [0.25, 0.3) is 0 Å². The number of nitrogens with two attached hydrogens (primary N) is 1. The summed E-state index contributed by atoms with van der Waals surface area (Å²) in [5.74, 6) is 0.685. The molecule has 2 aromatic carbocycles. The van der Waals surface area contributed by atoms with Gasteiger partial charge in [0.15, 0.2) is 0 Å². The lowest BCUT2D eigenvalue weighted by atomic mass is 10.1. The summed E-state index contributed by atoms with van der Waals surface area (Å²) in [4.78, 5) is 0. The Kier molecular flexibility index (Phi) is 2.22. The van der Waals surface area contributed by atoms with Crippen LogP contribution in [0.25, 0.3) is 10.8 Å². The van der Waals surface area contributed by atoms with Crippen LogP contribution in [0, 0.1) is 0 Å². The van der Waals surface area contributed by atoms with Gasteiger partial charge in [0.1, 0.15) is 5.75 Å². The second-order valence-corrected chi connectivity index (χ2v) is 3.43. The predicted molar refractivity (Wildman–Crippen MR) is 59.9 cm³/mol. The molecular formula is C11H10ClNO. The average Bonchev–Trinajstić information content (AvgIpc) is 2.18. The van der Waals surface area contributed by atoms with Crippen LogP contribution < -0.4 is 10.5 Å². The lowest BCUT2D eigenvalue weighted by molar-refractivity contribution is 0.422. The smallest absolute Gasteiger partial charge is 0.149 e. The molecule has 0 aliphatic carbocycles. The highest BCUT2D eigenvalue weighted by Crippen LogP contribution is 2.34. The van der Waals surface area contributed by atoms with Gasteiger partial charge in [0.2, 0.25) is 0 Å². The Bertz CT molecular complexity index is 482. The molecule has 2 N–H and O–H groups in total. The van der Waals surface area contributed by atoms with Crippen molar-refractivity contribution in [1.29, 1.82) is 0 Å². The highest BCUT2D eigenvalue weighted by molar-refractivity contribution is 6.35. The van der Waals surface area contributed by atoms with Gasteiger partial charge < -0.3 is 10.5 Å². The Balaban J connectivity index is 2.88. The first kappa shape index (κ1) is 9.16. The van der Waals surface area contributed by atoms with E-state index in [1.54, 1.807) is 13.2 Å². The van der Waals surface area contributed by atoms with E-state index in [9.17, 15) is 0 Å². The van der Waals surface area contributed by atoms with Crippen molar-refractivity contribution in [3.05, 3.63) is 35.4 Å². The number of methoxy groups -OCH3 is 1. The molecule has 0 saturated carbocycles. The molecule has 0 saturated heterocycles. The van der Waals surface area contributed by atoms with Crippen molar-refractivity contribution in [2.24, 2.45) is 0 Å². The summed E-state index contributed by atoms with van der Waals surface area (Å²) in [5, 5.41) is 2.61. The molecule has 0 heterocycles. The van der Waals surface area contributed by atoms with Crippen LogP contribution in [-0.4, -0.2) is 7.11 Å². The second kappa shape index (κ2) is 3.39. The highest BCUT2D eigenvalue weighted by atomic mass is 35.5. The molecule has 2 aromatic rings. The lowest BCUT2D eigenvalue weighted by Crippen LogP contribution is -1.93. The van der Waals surface area contributed by atoms with Crippen molar-refractivity contribution in [2.75, 3.05) is 12.8 Å².